The molecule has 0 heterocycles. The van der Waals surface area contributed by atoms with Gasteiger partial charge in [0.1, 0.15) is 0 Å². The van der Waals surface area contributed by atoms with Crippen LogP contribution in [0, 0.1) is 5.92 Å². The van der Waals surface area contributed by atoms with Crippen molar-refractivity contribution in [3.63, 3.8) is 0 Å². The summed E-state index contributed by atoms with van der Waals surface area (Å²) in [5.41, 5.74) is 0. The standard InChI is InChI=1S/C7H15N3O/c8-10-9-7-4-2-1-3-6(7)5-11/h6-7,11H,1-5H2,(H2,8,9)/t6-,7-/m1/s1. The van der Waals surface area contributed by atoms with Crippen molar-refractivity contribution in [2.24, 2.45) is 22.1 Å². The van der Waals surface area contributed by atoms with E-state index in [1.165, 1.54) is 12.8 Å². The van der Waals surface area contributed by atoms with Gasteiger partial charge in [-0.05, 0) is 12.8 Å². The van der Waals surface area contributed by atoms with Crippen molar-refractivity contribution in [1.82, 2.24) is 0 Å². The maximum atomic E-state index is 8.95. The normalized spacial score (nSPS) is 32.8. The van der Waals surface area contributed by atoms with Crippen LogP contribution >= 0.6 is 0 Å². The summed E-state index contributed by atoms with van der Waals surface area (Å²) in [4.78, 5) is 0. The summed E-state index contributed by atoms with van der Waals surface area (Å²) in [6.45, 7) is 0.212. The van der Waals surface area contributed by atoms with E-state index < -0.39 is 0 Å². The van der Waals surface area contributed by atoms with Gasteiger partial charge in [0.25, 0.3) is 0 Å². The first-order valence-corrected chi connectivity index (χ1v) is 4.09. The highest BCUT2D eigenvalue weighted by Gasteiger charge is 2.23. The molecule has 3 N–H and O–H groups in total. The van der Waals surface area contributed by atoms with Crippen LogP contribution in [-0.4, -0.2) is 17.8 Å². The van der Waals surface area contributed by atoms with E-state index in [4.69, 9.17) is 10.9 Å². The first-order valence-electron chi connectivity index (χ1n) is 4.09. The van der Waals surface area contributed by atoms with Crippen LogP contribution in [-0.2, 0) is 0 Å². The maximum absolute atomic E-state index is 8.95. The molecule has 64 valence electrons. The highest BCUT2D eigenvalue weighted by molar-refractivity contribution is 4.78. The molecular formula is C7H15N3O. The molecule has 1 saturated carbocycles. The number of rotatable bonds is 2. The molecule has 1 aliphatic carbocycles. The Balaban J connectivity index is 2.44. The van der Waals surface area contributed by atoms with Gasteiger partial charge >= 0.3 is 0 Å². The van der Waals surface area contributed by atoms with Gasteiger partial charge < -0.3 is 10.9 Å². The van der Waals surface area contributed by atoms with Gasteiger partial charge in [0, 0.05) is 12.5 Å². The van der Waals surface area contributed by atoms with E-state index >= 15 is 0 Å². The number of aliphatic hydroxyl groups excluding tert-OH is 1. The smallest absolute Gasteiger partial charge is 0.0779 e. The molecule has 0 aromatic rings. The van der Waals surface area contributed by atoms with Crippen molar-refractivity contribution in [1.29, 1.82) is 0 Å². The molecule has 11 heavy (non-hydrogen) atoms. The van der Waals surface area contributed by atoms with Gasteiger partial charge in [-0.25, -0.2) is 0 Å². The van der Waals surface area contributed by atoms with Crippen LogP contribution in [0.25, 0.3) is 0 Å². The zero-order valence-corrected chi connectivity index (χ0v) is 6.61. The van der Waals surface area contributed by atoms with Crippen LogP contribution in [0.4, 0.5) is 0 Å². The average Bonchev–Trinajstić information content (AvgIpc) is 2.06. The largest absolute Gasteiger partial charge is 0.396 e. The minimum absolute atomic E-state index is 0.166. The number of hydrogen-bond acceptors (Lipinski definition) is 3. The Morgan fingerprint density at radius 3 is 2.73 bits per heavy atom. The maximum Gasteiger partial charge on any atom is 0.0779 e. The summed E-state index contributed by atoms with van der Waals surface area (Å²) in [7, 11) is 0. The molecule has 0 amide bonds. The Labute approximate surface area is 66.5 Å². The van der Waals surface area contributed by atoms with Crippen molar-refractivity contribution in [3.8, 4) is 0 Å². The average molecular weight is 157 g/mol. The third-order valence-electron chi connectivity index (χ3n) is 2.32. The first kappa shape index (κ1) is 8.46. The van der Waals surface area contributed by atoms with Crippen LogP contribution in [0.3, 0.4) is 0 Å². The van der Waals surface area contributed by atoms with Crippen molar-refractivity contribution >= 4 is 0 Å². The Morgan fingerprint density at radius 1 is 1.36 bits per heavy atom. The van der Waals surface area contributed by atoms with Gasteiger partial charge in [-0.2, -0.15) is 5.11 Å². The predicted octanol–water partition coefficient (Wildman–Crippen LogP) is 0.863. The molecule has 0 spiro atoms. The summed E-state index contributed by atoms with van der Waals surface area (Å²) in [6, 6.07) is 0.166. The van der Waals surface area contributed by atoms with E-state index in [1.54, 1.807) is 0 Å². The van der Waals surface area contributed by atoms with Crippen molar-refractivity contribution in [3.05, 3.63) is 0 Å². The fourth-order valence-electron chi connectivity index (χ4n) is 1.64. The molecule has 0 radical (unpaired) electrons. The second-order valence-corrected chi connectivity index (χ2v) is 3.03. The SMILES string of the molecule is NN=N[C@@H]1CCCC[C@@H]1CO. The predicted molar refractivity (Wildman–Crippen MR) is 41.9 cm³/mol. The van der Waals surface area contributed by atoms with E-state index in [0.717, 1.165) is 12.8 Å². The molecular weight excluding hydrogens is 142 g/mol. The van der Waals surface area contributed by atoms with Crippen LogP contribution in [0.15, 0.2) is 10.3 Å². The molecule has 1 fully saturated rings. The topological polar surface area (TPSA) is 71.0 Å². The highest BCUT2D eigenvalue weighted by Crippen LogP contribution is 2.26. The third kappa shape index (κ3) is 2.15. The van der Waals surface area contributed by atoms with Gasteiger partial charge in [-0.15, -0.1) is 0 Å². The Morgan fingerprint density at radius 2 is 2.09 bits per heavy atom. The number of hydrogen-bond donors (Lipinski definition) is 2. The summed E-state index contributed by atoms with van der Waals surface area (Å²) in [5, 5.41) is 16.1. The highest BCUT2D eigenvalue weighted by atomic mass is 16.3. The second-order valence-electron chi connectivity index (χ2n) is 3.03. The lowest BCUT2D eigenvalue weighted by Gasteiger charge is -2.25. The number of aliphatic hydroxyl groups is 1. The molecule has 0 aromatic heterocycles. The molecule has 4 nitrogen and oxygen atoms in total. The lowest BCUT2D eigenvalue weighted by molar-refractivity contribution is 0.168. The van der Waals surface area contributed by atoms with E-state index in [2.05, 4.69) is 10.3 Å². The zero-order valence-electron chi connectivity index (χ0n) is 6.61. The molecule has 1 aliphatic rings. The molecule has 4 heteroatoms. The van der Waals surface area contributed by atoms with Crippen molar-refractivity contribution in [2.45, 2.75) is 31.7 Å². The Bertz CT molecular complexity index is 138. The van der Waals surface area contributed by atoms with E-state index in [0.29, 0.717) is 0 Å². The fraction of sp³-hybridized carbons (Fsp3) is 1.00. The van der Waals surface area contributed by atoms with Gasteiger partial charge in [0.05, 0.1) is 6.04 Å². The molecule has 0 aromatic carbocycles. The molecule has 0 aliphatic heterocycles. The van der Waals surface area contributed by atoms with E-state index in [1.807, 2.05) is 0 Å². The fourth-order valence-corrected chi connectivity index (χ4v) is 1.64. The second kappa shape index (κ2) is 4.28. The zero-order chi connectivity index (χ0) is 8.10. The minimum Gasteiger partial charge on any atom is -0.396 e. The van der Waals surface area contributed by atoms with Gasteiger partial charge in [-0.3, -0.25) is 0 Å². The molecule has 0 bridgehead atoms. The minimum atomic E-state index is 0.166. The van der Waals surface area contributed by atoms with Gasteiger partial charge in [-0.1, -0.05) is 18.1 Å². The lowest BCUT2D eigenvalue weighted by Crippen LogP contribution is -2.25. The summed E-state index contributed by atoms with van der Waals surface area (Å²) in [6.07, 6.45) is 4.45. The monoisotopic (exact) mass is 157 g/mol. The van der Waals surface area contributed by atoms with Crippen LogP contribution in [0.5, 0.6) is 0 Å². The Kier molecular flexibility index (Phi) is 3.29. The summed E-state index contributed by atoms with van der Waals surface area (Å²) < 4.78 is 0. The molecule has 0 unspecified atom stereocenters. The molecule has 1 rings (SSSR count). The van der Waals surface area contributed by atoms with E-state index in [-0.39, 0.29) is 18.6 Å². The van der Waals surface area contributed by atoms with Crippen LogP contribution < -0.4 is 5.84 Å². The molecule has 2 atom stereocenters. The third-order valence-corrected chi connectivity index (χ3v) is 2.32. The Hall–Kier alpha value is -0.640. The first-order chi connectivity index (χ1) is 5.38. The van der Waals surface area contributed by atoms with Crippen molar-refractivity contribution < 1.29 is 5.11 Å². The quantitative estimate of drug-likeness (QED) is 0.354. The van der Waals surface area contributed by atoms with E-state index in [9.17, 15) is 0 Å². The molecule has 0 saturated heterocycles. The van der Waals surface area contributed by atoms with Crippen molar-refractivity contribution in [2.75, 3.05) is 6.61 Å². The van der Waals surface area contributed by atoms with Crippen LogP contribution in [0.1, 0.15) is 25.7 Å². The summed E-state index contributed by atoms with van der Waals surface area (Å²) in [5.74, 6) is 5.24. The van der Waals surface area contributed by atoms with Gasteiger partial charge in [0.2, 0.25) is 0 Å². The number of nitrogens with zero attached hydrogens (tertiary/aromatic N) is 2. The van der Waals surface area contributed by atoms with Gasteiger partial charge in [0.15, 0.2) is 0 Å². The van der Waals surface area contributed by atoms with Crippen LogP contribution in [0.2, 0.25) is 0 Å². The summed E-state index contributed by atoms with van der Waals surface area (Å²) >= 11 is 0. The lowest BCUT2D eigenvalue weighted by atomic mass is 9.86. The number of nitrogens with two attached hydrogens (primary N) is 1.